The summed E-state index contributed by atoms with van der Waals surface area (Å²) in [5.41, 5.74) is -0.378. The minimum Gasteiger partial charge on any atom is -0.463 e. The van der Waals surface area contributed by atoms with E-state index in [4.69, 9.17) is 9.94 Å². The van der Waals surface area contributed by atoms with Crippen LogP contribution in [0.4, 0.5) is 4.79 Å². The third-order valence-corrected chi connectivity index (χ3v) is 2.67. The summed E-state index contributed by atoms with van der Waals surface area (Å²) in [6.07, 6.45) is 2.94. The smallest absolute Gasteiger partial charge is 0.431 e. The van der Waals surface area contributed by atoms with Gasteiger partial charge >= 0.3 is 6.09 Å². The molecule has 1 atom stereocenters. The molecule has 0 aromatic carbocycles. The number of hydrogen-bond acceptors (Lipinski definition) is 3. The Morgan fingerprint density at radius 2 is 2.31 bits per heavy atom. The first-order chi connectivity index (χ1) is 6.22. The van der Waals surface area contributed by atoms with Crippen LogP contribution in [0.2, 0.25) is 0 Å². The Balaban J connectivity index is 1.98. The highest BCUT2D eigenvalue weighted by Gasteiger charge is 2.42. The molecule has 0 aromatic heterocycles. The average Bonchev–Trinajstić information content (AvgIpc) is 2.51. The lowest BCUT2D eigenvalue weighted by atomic mass is 9.99. The molecule has 13 heavy (non-hydrogen) atoms. The Hall–Kier alpha value is -0.810. The number of amides is 1. The summed E-state index contributed by atoms with van der Waals surface area (Å²) < 4.78 is 0. The Bertz CT molecular complexity index is 213. The van der Waals surface area contributed by atoms with E-state index in [0.717, 1.165) is 37.3 Å². The van der Waals surface area contributed by atoms with E-state index in [0.29, 0.717) is 6.54 Å². The number of hydroxylamine groups is 2. The van der Waals surface area contributed by atoms with Gasteiger partial charge in [0.15, 0.2) is 0 Å². The second kappa shape index (κ2) is 3.16. The van der Waals surface area contributed by atoms with Crippen LogP contribution in [0.1, 0.15) is 25.7 Å². The van der Waals surface area contributed by atoms with Gasteiger partial charge in [-0.25, -0.2) is 9.63 Å². The zero-order valence-corrected chi connectivity index (χ0v) is 7.45. The minimum atomic E-state index is -0.996. The molecule has 2 fully saturated rings. The number of rotatable bonds is 0. The van der Waals surface area contributed by atoms with E-state index in [2.05, 4.69) is 5.32 Å². The number of carbonyl (C=O) groups is 1. The molecule has 0 saturated carbocycles. The Kier molecular flexibility index (Phi) is 2.13. The first-order valence-electron chi connectivity index (χ1n) is 4.66. The molecule has 0 bridgehead atoms. The van der Waals surface area contributed by atoms with Crippen molar-refractivity contribution in [2.45, 2.75) is 31.4 Å². The maximum atomic E-state index is 10.6. The molecule has 1 amide bonds. The predicted octanol–water partition coefficient (Wildman–Crippen LogP) is 0.772. The van der Waals surface area contributed by atoms with Crippen molar-refractivity contribution in [1.82, 2.24) is 10.4 Å². The lowest BCUT2D eigenvalue weighted by Crippen LogP contribution is -2.49. The van der Waals surface area contributed by atoms with Crippen LogP contribution in [-0.4, -0.2) is 35.1 Å². The van der Waals surface area contributed by atoms with Crippen LogP contribution in [0.15, 0.2) is 0 Å². The number of nitrogens with one attached hydrogen (secondary N) is 1. The summed E-state index contributed by atoms with van der Waals surface area (Å²) >= 11 is 0. The summed E-state index contributed by atoms with van der Waals surface area (Å²) in [6, 6.07) is 0. The van der Waals surface area contributed by atoms with E-state index in [1.54, 1.807) is 0 Å². The van der Waals surface area contributed by atoms with E-state index in [1.807, 2.05) is 0 Å². The van der Waals surface area contributed by atoms with Gasteiger partial charge in [-0.2, -0.15) is 5.06 Å². The van der Waals surface area contributed by atoms with Crippen molar-refractivity contribution in [2.24, 2.45) is 0 Å². The highest BCUT2D eigenvalue weighted by Crippen LogP contribution is 2.30. The van der Waals surface area contributed by atoms with Gasteiger partial charge in [0, 0.05) is 6.42 Å². The molecule has 0 aromatic rings. The van der Waals surface area contributed by atoms with Crippen LogP contribution in [-0.2, 0) is 4.84 Å². The molecule has 74 valence electrons. The number of hydrogen-bond donors (Lipinski definition) is 2. The van der Waals surface area contributed by atoms with Crippen molar-refractivity contribution < 1.29 is 14.7 Å². The van der Waals surface area contributed by atoms with Gasteiger partial charge in [0.25, 0.3) is 0 Å². The Morgan fingerprint density at radius 3 is 2.85 bits per heavy atom. The SMILES string of the molecule is O=C(O)N1CCC2(CCCCN2)O1. The standard InChI is InChI=1S/C8H14N2O3/c11-7(12)10-6-4-8(13-10)3-1-2-5-9-8/h9H,1-6H2,(H,11,12). The molecule has 0 aliphatic carbocycles. The van der Waals surface area contributed by atoms with Gasteiger partial charge in [0.2, 0.25) is 0 Å². The topological polar surface area (TPSA) is 61.8 Å². The third-order valence-electron chi connectivity index (χ3n) is 2.67. The maximum Gasteiger partial charge on any atom is 0.431 e. The van der Waals surface area contributed by atoms with Crippen LogP contribution in [0.5, 0.6) is 0 Å². The quantitative estimate of drug-likeness (QED) is 0.586. The molecule has 2 N–H and O–H groups in total. The Morgan fingerprint density at radius 1 is 1.46 bits per heavy atom. The second-order valence-corrected chi connectivity index (χ2v) is 3.60. The summed E-state index contributed by atoms with van der Waals surface area (Å²) in [5.74, 6) is 0. The van der Waals surface area contributed by atoms with Crippen LogP contribution >= 0.6 is 0 Å². The van der Waals surface area contributed by atoms with Gasteiger partial charge < -0.3 is 5.11 Å². The van der Waals surface area contributed by atoms with Crippen LogP contribution in [0.3, 0.4) is 0 Å². The van der Waals surface area contributed by atoms with Crippen molar-refractivity contribution in [1.29, 1.82) is 0 Å². The first kappa shape index (κ1) is 8.77. The van der Waals surface area contributed by atoms with E-state index in [9.17, 15) is 4.79 Å². The predicted molar refractivity (Wildman–Crippen MR) is 45.0 cm³/mol. The van der Waals surface area contributed by atoms with Gasteiger partial charge in [0.05, 0.1) is 6.54 Å². The van der Waals surface area contributed by atoms with Crippen molar-refractivity contribution in [3.63, 3.8) is 0 Å². The maximum absolute atomic E-state index is 10.6. The molecular weight excluding hydrogens is 172 g/mol. The molecule has 5 heteroatoms. The van der Waals surface area contributed by atoms with Crippen molar-refractivity contribution >= 4 is 6.09 Å². The number of piperidine rings is 1. The molecule has 2 heterocycles. The third kappa shape index (κ3) is 1.62. The second-order valence-electron chi connectivity index (χ2n) is 3.60. The zero-order valence-electron chi connectivity index (χ0n) is 7.45. The molecule has 2 aliphatic heterocycles. The van der Waals surface area contributed by atoms with Gasteiger partial charge in [-0.3, -0.25) is 5.32 Å². The summed E-state index contributed by atoms with van der Waals surface area (Å²) in [7, 11) is 0. The van der Waals surface area contributed by atoms with Crippen molar-refractivity contribution in [3.8, 4) is 0 Å². The molecule has 2 aliphatic rings. The molecule has 1 unspecified atom stereocenters. The summed E-state index contributed by atoms with van der Waals surface area (Å²) in [6.45, 7) is 1.40. The fourth-order valence-electron chi connectivity index (χ4n) is 1.95. The van der Waals surface area contributed by atoms with Crippen molar-refractivity contribution in [3.05, 3.63) is 0 Å². The van der Waals surface area contributed by atoms with Gasteiger partial charge in [-0.1, -0.05) is 0 Å². The number of nitrogens with zero attached hydrogens (tertiary/aromatic N) is 1. The molecular formula is C8H14N2O3. The fraction of sp³-hybridized carbons (Fsp3) is 0.875. The lowest BCUT2D eigenvalue weighted by Gasteiger charge is -2.32. The summed E-state index contributed by atoms with van der Waals surface area (Å²) in [4.78, 5) is 16.0. The van der Waals surface area contributed by atoms with E-state index in [1.165, 1.54) is 0 Å². The van der Waals surface area contributed by atoms with Crippen LogP contribution in [0.25, 0.3) is 0 Å². The summed E-state index contributed by atoms with van der Waals surface area (Å²) in [5, 5.41) is 13.0. The Labute approximate surface area is 76.6 Å². The molecule has 1 spiro atoms. The normalized spacial score (nSPS) is 34.0. The van der Waals surface area contributed by atoms with E-state index in [-0.39, 0.29) is 5.72 Å². The van der Waals surface area contributed by atoms with Crippen LogP contribution < -0.4 is 5.32 Å². The molecule has 2 rings (SSSR count). The van der Waals surface area contributed by atoms with Gasteiger partial charge in [-0.15, -0.1) is 0 Å². The first-order valence-corrected chi connectivity index (χ1v) is 4.66. The van der Waals surface area contributed by atoms with E-state index >= 15 is 0 Å². The fourth-order valence-corrected chi connectivity index (χ4v) is 1.95. The minimum absolute atomic E-state index is 0.378. The monoisotopic (exact) mass is 186 g/mol. The highest BCUT2D eigenvalue weighted by molar-refractivity contribution is 5.63. The highest BCUT2D eigenvalue weighted by atomic mass is 16.7. The van der Waals surface area contributed by atoms with E-state index < -0.39 is 6.09 Å². The van der Waals surface area contributed by atoms with Crippen molar-refractivity contribution in [2.75, 3.05) is 13.1 Å². The van der Waals surface area contributed by atoms with Crippen LogP contribution in [0, 0.1) is 0 Å². The largest absolute Gasteiger partial charge is 0.463 e. The molecule has 2 saturated heterocycles. The van der Waals surface area contributed by atoms with Gasteiger partial charge in [0.1, 0.15) is 5.72 Å². The molecule has 5 nitrogen and oxygen atoms in total. The van der Waals surface area contributed by atoms with Gasteiger partial charge in [-0.05, 0) is 25.8 Å². The zero-order chi connectivity index (χ0) is 9.31. The molecule has 0 radical (unpaired) electrons. The lowest BCUT2D eigenvalue weighted by molar-refractivity contribution is -0.190. The number of carboxylic acid groups (broad SMARTS) is 1. The average molecular weight is 186 g/mol.